The van der Waals surface area contributed by atoms with Crippen molar-refractivity contribution in [3.05, 3.63) is 35.9 Å². The average molecular weight is 1500 g/mol. The summed E-state index contributed by atoms with van der Waals surface area (Å²) in [5.74, 6) is -20.5. The van der Waals surface area contributed by atoms with Gasteiger partial charge in [-0.25, -0.2) is 14.4 Å². The van der Waals surface area contributed by atoms with Crippen LogP contribution in [0.15, 0.2) is 35.3 Å². The van der Waals surface area contributed by atoms with E-state index in [9.17, 15) is 81.5 Å². The molecular weight excluding hydrogens is 1400 g/mol. The number of halogens is 3. The maximum Gasteiger partial charge on any atom is 0.490 e. The Bertz CT molecular complexity index is 3160. The van der Waals surface area contributed by atoms with Crippen LogP contribution in [0.4, 0.5) is 18.0 Å². The van der Waals surface area contributed by atoms with E-state index in [0.717, 1.165) is 6.92 Å². The molecule has 0 bridgehead atoms. The Morgan fingerprint density at radius 3 is 1.67 bits per heavy atom. The van der Waals surface area contributed by atoms with Crippen LogP contribution in [-0.2, 0) is 71.8 Å². The molecule has 1 aromatic carbocycles. The van der Waals surface area contributed by atoms with E-state index in [1.54, 1.807) is 83.1 Å². The van der Waals surface area contributed by atoms with E-state index in [2.05, 4.69) is 52.8 Å². The number of rotatable bonds is 23. The molecular formula is C66H108F3N15O21. The fourth-order valence-electron chi connectivity index (χ4n) is 9.90. The molecule has 1 aliphatic rings. The van der Waals surface area contributed by atoms with Crippen LogP contribution in [0.1, 0.15) is 154 Å². The van der Waals surface area contributed by atoms with Gasteiger partial charge in [0.1, 0.15) is 60.0 Å². The van der Waals surface area contributed by atoms with Gasteiger partial charge in [-0.2, -0.15) is 13.2 Å². The number of aliphatic hydroxyl groups is 4. The molecule has 0 saturated carbocycles. The molecule has 1 aromatic rings. The number of alkyl carbamates (subject to hydrolysis) is 1. The topological polar surface area (TPSA) is 581 Å². The second-order valence-electron chi connectivity index (χ2n) is 28.6. The summed E-state index contributed by atoms with van der Waals surface area (Å²) in [7, 11) is 0. The Kier molecular flexibility index (Phi) is 38.4. The molecule has 2 unspecified atom stereocenters. The molecule has 0 aromatic heterocycles. The number of carboxylic acid groups (broad SMARTS) is 1. The second-order valence-corrected chi connectivity index (χ2v) is 28.6. The minimum atomic E-state index is -5.08. The average Bonchev–Trinajstić information content (AvgIpc) is 0.814. The smallest absolute Gasteiger partial charge is 0.475 e. The van der Waals surface area contributed by atoms with Crippen LogP contribution in [-0.4, -0.2) is 225 Å². The normalized spacial score (nSPS) is 23.0. The summed E-state index contributed by atoms with van der Waals surface area (Å²) in [6.07, 6.45) is -14.6. The summed E-state index contributed by atoms with van der Waals surface area (Å²) in [5, 5.41) is 78.1. The number of amides is 12. The van der Waals surface area contributed by atoms with E-state index in [0.29, 0.717) is 0 Å². The van der Waals surface area contributed by atoms with Crippen LogP contribution in [0.5, 0.6) is 0 Å². The lowest BCUT2D eigenvalue weighted by Gasteiger charge is -2.34. The van der Waals surface area contributed by atoms with E-state index >= 15 is 14.4 Å². The number of primary amides is 1. The number of hydrogen-bond donors (Lipinski definition) is 19. The van der Waals surface area contributed by atoms with E-state index in [4.69, 9.17) is 36.6 Å². The number of nitrogens with one attached hydrogen (secondary N) is 11. The van der Waals surface area contributed by atoms with Crippen molar-refractivity contribution in [2.75, 3.05) is 19.7 Å². The van der Waals surface area contributed by atoms with Gasteiger partial charge in [0.25, 0.3) is 0 Å². The number of alkyl halides is 3. The van der Waals surface area contributed by atoms with Gasteiger partial charge >= 0.3 is 24.2 Å². The number of nitrogens with two attached hydrogens (primary N) is 3. The number of ether oxygens (including phenoxy) is 2. The van der Waals surface area contributed by atoms with Gasteiger partial charge in [-0.15, -0.1) is 0 Å². The Balaban J connectivity index is 0.00000746. The van der Waals surface area contributed by atoms with E-state index < -0.39 is 222 Å². The highest BCUT2D eigenvalue weighted by Gasteiger charge is 2.45. The third-order valence-corrected chi connectivity index (χ3v) is 15.5. The fraction of sp³-hybridized carbons (Fsp3) is 0.682. The third kappa shape index (κ3) is 33.9. The molecule has 12 amide bonds. The van der Waals surface area contributed by atoms with Crippen LogP contribution < -0.4 is 75.7 Å². The zero-order valence-corrected chi connectivity index (χ0v) is 61.7. The molecule has 2 rings (SSSR count). The second kappa shape index (κ2) is 43.1. The minimum absolute atomic E-state index is 0.00254. The molecule has 1 heterocycles. The van der Waals surface area contributed by atoms with Crippen molar-refractivity contribution in [2.24, 2.45) is 51.3 Å². The number of aliphatic hydroxyl groups excluding tert-OH is 4. The SMILES string of the molecule is CC[C@H](C)C1NC(=O)[C@@H](CCCN=C(N)N)NC(=O)[C@H](CC(C)C)NC(=O)[C@H]([C@H](O)C(C)C)NC(=O)[C@@H](NC(=O)[C@H](CC(C)C)NC(=O)[C@H](CC(C)(C)C)NC(=O)OC(C)(C)C)[C@@H](c2ccccc2)OC(=O)[C@H](CO)NC(=O)[C@H]([C@H](O)C(N)=O)NC(=O)CNC(=O)C([C@H](C)O)NC1=O.O=C(O)C(F)(F)F. The van der Waals surface area contributed by atoms with Crippen molar-refractivity contribution in [3.8, 4) is 0 Å². The monoisotopic (exact) mass is 1500 g/mol. The highest BCUT2D eigenvalue weighted by Crippen LogP contribution is 2.26. The highest BCUT2D eigenvalue weighted by atomic mass is 19.4. The number of carbonyl (C=O) groups is 14. The largest absolute Gasteiger partial charge is 0.490 e. The number of nitrogens with zero attached hydrogens (tertiary/aromatic N) is 1. The highest BCUT2D eigenvalue weighted by molar-refractivity contribution is 6.00. The van der Waals surface area contributed by atoms with Crippen molar-refractivity contribution in [2.45, 2.75) is 239 Å². The van der Waals surface area contributed by atoms with Gasteiger partial charge in [-0.3, -0.25) is 57.7 Å². The van der Waals surface area contributed by atoms with Crippen LogP contribution in [0, 0.1) is 29.1 Å². The Morgan fingerprint density at radius 2 is 1.18 bits per heavy atom. The third-order valence-electron chi connectivity index (χ3n) is 15.5. The number of carbonyl (C=O) groups excluding carboxylic acids is 13. The molecule has 36 nitrogen and oxygen atoms in total. The standard InChI is InChI=1S/C64H107N15O19.C2HF3O2/c1-16-33(8)42-56(91)77-43(34(9)81)55(90)69-28-41(82)75-45(48(84)50(65)85)58(93)73-40(29-80)60(95)97-49(35-21-18-17-19-22-35)46(79-53(88)38(26-31(4)5)71-54(89)39(27-63(10,11)12)74-62(96)98-64(13,14)15)59(94)78-44(47(83)32(6)7)57(92)72-37(25-30(2)3)52(87)70-36(51(86)76-42)23-20-24-68-61(66)67;3-2(4,5)1(6)7/h17-19,21-22,30-34,36-40,42-49,80-81,83-84H,16,20,23-29H2,1-15H3,(H2,65,85)(H,69,90)(H,70,87)(H,71,89)(H,72,92)(H,73,93)(H,74,96)(H,75,82)(H,76,86)(H,77,91)(H,78,94)(H,79,88)(H4,66,67,68);(H,6,7)/t33-,34-,36+,37-,38-,39-,40-,42?,43?,44-,45-,46-,47+,48-,49+;/m0./s1. The van der Waals surface area contributed by atoms with Gasteiger partial charge in [0.2, 0.25) is 65.0 Å². The number of esters is 1. The zero-order chi connectivity index (χ0) is 80.9. The summed E-state index contributed by atoms with van der Waals surface area (Å²) in [5.41, 5.74) is 14.8. The van der Waals surface area contributed by atoms with Crippen LogP contribution >= 0.6 is 0 Å². The van der Waals surface area contributed by atoms with E-state index in [1.807, 2.05) is 10.6 Å². The Labute approximate surface area is 606 Å². The number of cyclic esters (lactones) is 1. The lowest BCUT2D eigenvalue weighted by molar-refractivity contribution is -0.192. The number of hydrogen-bond acceptors (Lipinski definition) is 21. The van der Waals surface area contributed by atoms with Crippen molar-refractivity contribution in [3.63, 3.8) is 0 Å². The van der Waals surface area contributed by atoms with Crippen molar-refractivity contribution in [1.82, 2.24) is 58.5 Å². The summed E-state index contributed by atoms with van der Waals surface area (Å²) < 4.78 is 43.2. The molecule has 0 radical (unpaired) electrons. The number of aliphatic carboxylic acids is 1. The van der Waals surface area contributed by atoms with Crippen molar-refractivity contribution >= 4 is 89.0 Å². The van der Waals surface area contributed by atoms with Gasteiger partial charge in [0, 0.05) is 6.54 Å². The Morgan fingerprint density at radius 1 is 0.657 bits per heavy atom. The maximum absolute atomic E-state index is 15.6. The van der Waals surface area contributed by atoms with Gasteiger partial charge in [0.05, 0.1) is 25.4 Å². The van der Waals surface area contributed by atoms with E-state index in [1.165, 1.54) is 44.2 Å². The zero-order valence-electron chi connectivity index (χ0n) is 61.7. The summed E-state index contributed by atoms with van der Waals surface area (Å²) >= 11 is 0. The first-order valence-corrected chi connectivity index (χ1v) is 33.9. The molecule has 0 aliphatic carbocycles. The van der Waals surface area contributed by atoms with Gasteiger partial charge < -0.3 is 111 Å². The summed E-state index contributed by atoms with van der Waals surface area (Å²) in [6.45, 7) is 21.7. The maximum atomic E-state index is 15.6. The fourth-order valence-corrected chi connectivity index (χ4v) is 9.90. The molecule has 22 N–H and O–H groups in total. The van der Waals surface area contributed by atoms with Gasteiger partial charge in [0.15, 0.2) is 24.2 Å². The molecule has 39 heteroatoms. The first-order valence-electron chi connectivity index (χ1n) is 33.9. The number of carboxylic acids is 1. The molecule has 1 fully saturated rings. The Hall–Kier alpha value is -9.50. The molecule has 105 heavy (non-hydrogen) atoms. The molecule has 1 saturated heterocycles. The minimum Gasteiger partial charge on any atom is -0.475 e. The number of benzene rings is 1. The summed E-state index contributed by atoms with van der Waals surface area (Å²) in [4.78, 5) is 198. The predicted octanol–water partition coefficient (Wildman–Crippen LogP) is -2.85. The summed E-state index contributed by atoms with van der Waals surface area (Å²) in [6, 6.07) is -11.5. The molecule has 594 valence electrons. The van der Waals surface area contributed by atoms with Crippen LogP contribution in [0.3, 0.4) is 0 Å². The van der Waals surface area contributed by atoms with Crippen molar-refractivity contribution in [1.29, 1.82) is 0 Å². The molecule has 15 atom stereocenters. The van der Waals surface area contributed by atoms with Crippen LogP contribution in [0.25, 0.3) is 0 Å². The van der Waals surface area contributed by atoms with Crippen LogP contribution in [0.2, 0.25) is 0 Å². The first-order chi connectivity index (χ1) is 48.4. The lowest BCUT2D eigenvalue weighted by Crippen LogP contribution is -2.64. The predicted molar refractivity (Wildman–Crippen MR) is 370 cm³/mol. The number of aliphatic imine (C=N–C) groups is 1. The molecule has 1 aliphatic heterocycles. The lowest BCUT2D eigenvalue weighted by atomic mass is 9.87. The van der Waals surface area contributed by atoms with E-state index in [-0.39, 0.29) is 56.6 Å². The van der Waals surface area contributed by atoms with Crippen molar-refractivity contribution < 1.29 is 115 Å². The number of guanidine groups is 1. The van der Waals surface area contributed by atoms with Gasteiger partial charge in [-0.05, 0) is 94.4 Å². The molecule has 0 spiro atoms. The van der Waals surface area contributed by atoms with Gasteiger partial charge in [-0.1, -0.05) is 113 Å². The first kappa shape index (κ1) is 93.5. The quantitative estimate of drug-likeness (QED) is 0.0227.